The van der Waals surface area contributed by atoms with Crippen LogP contribution in [0.4, 0.5) is 0 Å². The van der Waals surface area contributed by atoms with Gasteiger partial charge in [0, 0.05) is 5.56 Å². The quantitative estimate of drug-likeness (QED) is 0.764. The van der Waals surface area contributed by atoms with E-state index in [9.17, 15) is 0 Å². The van der Waals surface area contributed by atoms with Crippen LogP contribution in [0.1, 0.15) is 18.3 Å². The summed E-state index contributed by atoms with van der Waals surface area (Å²) in [6.45, 7) is 1.08. The molecule has 0 amide bonds. The third-order valence-corrected chi connectivity index (χ3v) is 2.38. The Kier molecular flexibility index (Phi) is 3.69. The van der Waals surface area contributed by atoms with Crippen LogP contribution >= 0.6 is 0 Å². The minimum atomic E-state index is -0.292. The fourth-order valence-electron chi connectivity index (χ4n) is 1.60. The first kappa shape index (κ1) is 10.6. The minimum absolute atomic E-state index is 0.0222. The Bertz CT molecular complexity index is 289. The Labute approximate surface area is 88.9 Å². The first-order valence-corrected chi connectivity index (χ1v) is 5.04. The van der Waals surface area contributed by atoms with Gasteiger partial charge in [-0.15, -0.1) is 0 Å². The largest absolute Gasteiger partial charge is 0.348 e. The van der Waals surface area contributed by atoms with Crippen molar-refractivity contribution in [3.05, 3.63) is 35.9 Å². The van der Waals surface area contributed by atoms with E-state index in [2.05, 4.69) is 4.84 Å². The molecule has 0 bridgehead atoms. The standard InChI is InChI=1S/C11H15NO3/c12-14-8-10-6-7-13-11(15-10)9-4-2-1-3-5-9/h1-5,10-11H,6-8,12H2/t10-,11?/m1/s1. The average Bonchev–Trinajstić information content (AvgIpc) is 2.31. The zero-order valence-electron chi connectivity index (χ0n) is 8.46. The van der Waals surface area contributed by atoms with Gasteiger partial charge in [0.1, 0.15) is 0 Å². The van der Waals surface area contributed by atoms with Gasteiger partial charge < -0.3 is 14.3 Å². The molecule has 2 N–H and O–H groups in total. The number of ether oxygens (including phenoxy) is 2. The van der Waals surface area contributed by atoms with Crippen molar-refractivity contribution in [2.45, 2.75) is 18.8 Å². The van der Waals surface area contributed by atoms with Crippen molar-refractivity contribution in [3.63, 3.8) is 0 Å². The zero-order valence-corrected chi connectivity index (χ0v) is 8.46. The molecular weight excluding hydrogens is 194 g/mol. The highest BCUT2D eigenvalue weighted by Crippen LogP contribution is 2.25. The van der Waals surface area contributed by atoms with E-state index in [1.54, 1.807) is 0 Å². The van der Waals surface area contributed by atoms with Gasteiger partial charge in [0.05, 0.1) is 19.3 Å². The van der Waals surface area contributed by atoms with Crippen LogP contribution in [-0.4, -0.2) is 19.3 Å². The maximum Gasteiger partial charge on any atom is 0.184 e. The molecule has 1 aliphatic heterocycles. The van der Waals surface area contributed by atoms with Gasteiger partial charge in [-0.05, 0) is 6.42 Å². The summed E-state index contributed by atoms with van der Waals surface area (Å²) in [5, 5.41) is 0. The molecule has 82 valence electrons. The lowest BCUT2D eigenvalue weighted by Crippen LogP contribution is -2.31. The van der Waals surface area contributed by atoms with E-state index in [4.69, 9.17) is 15.4 Å². The molecule has 15 heavy (non-hydrogen) atoms. The third-order valence-electron chi connectivity index (χ3n) is 2.38. The molecule has 1 aromatic rings. The number of nitrogens with two attached hydrogens (primary N) is 1. The monoisotopic (exact) mass is 209 g/mol. The van der Waals surface area contributed by atoms with E-state index in [1.165, 1.54) is 0 Å². The average molecular weight is 209 g/mol. The number of hydrogen-bond donors (Lipinski definition) is 1. The van der Waals surface area contributed by atoms with Gasteiger partial charge in [0.25, 0.3) is 0 Å². The van der Waals surface area contributed by atoms with Crippen molar-refractivity contribution < 1.29 is 14.3 Å². The lowest BCUT2D eigenvalue weighted by molar-refractivity contribution is -0.227. The maximum atomic E-state index is 5.69. The smallest absolute Gasteiger partial charge is 0.184 e. The van der Waals surface area contributed by atoms with Crippen LogP contribution in [0.15, 0.2) is 30.3 Å². The molecule has 4 nitrogen and oxygen atoms in total. The van der Waals surface area contributed by atoms with Crippen LogP contribution in [0, 0.1) is 0 Å². The van der Waals surface area contributed by atoms with Gasteiger partial charge in [0.15, 0.2) is 6.29 Å². The minimum Gasteiger partial charge on any atom is -0.348 e. The van der Waals surface area contributed by atoms with E-state index in [-0.39, 0.29) is 12.4 Å². The summed E-state index contributed by atoms with van der Waals surface area (Å²) in [6.07, 6.45) is 0.551. The van der Waals surface area contributed by atoms with Crippen molar-refractivity contribution in [2.24, 2.45) is 5.90 Å². The molecule has 1 fully saturated rings. The van der Waals surface area contributed by atoms with Crippen LogP contribution in [-0.2, 0) is 14.3 Å². The first-order chi connectivity index (χ1) is 7.40. The van der Waals surface area contributed by atoms with Gasteiger partial charge >= 0.3 is 0 Å². The summed E-state index contributed by atoms with van der Waals surface area (Å²) in [7, 11) is 0. The van der Waals surface area contributed by atoms with Crippen LogP contribution in [0.3, 0.4) is 0 Å². The van der Waals surface area contributed by atoms with Crippen LogP contribution in [0.5, 0.6) is 0 Å². The van der Waals surface area contributed by atoms with E-state index < -0.39 is 0 Å². The van der Waals surface area contributed by atoms with Crippen molar-refractivity contribution in [1.82, 2.24) is 0 Å². The van der Waals surface area contributed by atoms with Crippen LogP contribution in [0.25, 0.3) is 0 Å². The second-order valence-corrected chi connectivity index (χ2v) is 3.49. The summed E-state index contributed by atoms with van der Waals surface area (Å²) in [5.41, 5.74) is 1.03. The number of rotatable bonds is 3. The fourth-order valence-corrected chi connectivity index (χ4v) is 1.60. The summed E-state index contributed by atoms with van der Waals surface area (Å²) in [4.78, 5) is 4.58. The fraction of sp³-hybridized carbons (Fsp3) is 0.455. The molecule has 0 aliphatic carbocycles. The Morgan fingerprint density at radius 3 is 2.87 bits per heavy atom. The molecule has 1 unspecified atom stereocenters. The van der Waals surface area contributed by atoms with E-state index >= 15 is 0 Å². The maximum absolute atomic E-state index is 5.69. The van der Waals surface area contributed by atoms with Crippen molar-refractivity contribution in [1.29, 1.82) is 0 Å². The molecule has 2 rings (SSSR count). The van der Waals surface area contributed by atoms with Gasteiger partial charge in [-0.2, -0.15) is 0 Å². The van der Waals surface area contributed by atoms with Gasteiger partial charge in [-0.25, -0.2) is 5.90 Å². The first-order valence-electron chi connectivity index (χ1n) is 5.04. The molecule has 1 aromatic carbocycles. The predicted octanol–water partition coefficient (Wildman–Crippen LogP) is 1.38. The molecular formula is C11H15NO3. The Morgan fingerprint density at radius 1 is 1.33 bits per heavy atom. The van der Waals surface area contributed by atoms with Crippen LogP contribution in [0.2, 0.25) is 0 Å². The zero-order chi connectivity index (χ0) is 10.5. The van der Waals surface area contributed by atoms with Crippen molar-refractivity contribution in [2.75, 3.05) is 13.2 Å². The molecule has 0 saturated carbocycles. The molecule has 0 spiro atoms. The Hall–Kier alpha value is -0.940. The van der Waals surface area contributed by atoms with Gasteiger partial charge in [0.2, 0.25) is 0 Å². The lowest BCUT2D eigenvalue weighted by Gasteiger charge is -2.29. The molecule has 1 aliphatic rings. The molecule has 2 atom stereocenters. The normalized spacial score (nSPS) is 26.5. The Balaban J connectivity index is 1.98. The Morgan fingerprint density at radius 2 is 2.13 bits per heavy atom. The second kappa shape index (κ2) is 5.23. The SMILES string of the molecule is NOC[C@H]1CCOC(c2ccccc2)O1. The molecule has 1 saturated heterocycles. The van der Waals surface area contributed by atoms with Crippen molar-refractivity contribution in [3.8, 4) is 0 Å². The molecule has 0 aromatic heterocycles. The number of benzene rings is 1. The lowest BCUT2D eigenvalue weighted by atomic mass is 10.2. The van der Waals surface area contributed by atoms with Gasteiger partial charge in [-0.3, -0.25) is 0 Å². The highest BCUT2D eigenvalue weighted by atomic mass is 16.7. The molecule has 0 radical (unpaired) electrons. The highest BCUT2D eigenvalue weighted by Gasteiger charge is 2.23. The summed E-state index contributed by atoms with van der Waals surface area (Å²) < 4.78 is 11.2. The highest BCUT2D eigenvalue weighted by molar-refractivity contribution is 5.16. The summed E-state index contributed by atoms with van der Waals surface area (Å²) in [6, 6.07) is 9.86. The summed E-state index contributed by atoms with van der Waals surface area (Å²) >= 11 is 0. The van der Waals surface area contributed by atoms with E-state index in [1.807, 2.05) is 30.3 Å². The molecule has 1 heterocycles. The predicted molar refractivity (Wildman–Crippen MR) is 54.8 cm³/mol. The van der Waals surface area contributed by atoms with Crippen LogP contribution < -0.4 is 5.90 Å². The molecule has 4 heteroatoms. The van der Waals surface area contributed by atoms with Gasteiger partial charge in [-0.1, -0.05) is 30.3 Å². The van der Waals surface area contributed by atoms with E-state index in [0.717, 1.165) is 12.0 Å². The third kappa shape index (κ3) is 2.76. The second-order valence-electron chi connectivity index (χ2n) is 3.49. The van der Waals surface area contributed by atoms with Crippen molar-refractivity contribution >= 4 is 0 Å². The topological polar surface area (TPSA) is 53.7 Å². The van der Waals surface area contributed by atoms with E-state index in [0.29, 0.717) is 13.2 Å². The number of hydrogen-bond acceptors (Lipinski definition) is 4. The summed E-state index contributed by atoms with van der Waals surface area (Å²) in [5.74, 6) is 5.02.